The molecule has 20 heavy (non-hydrogen) atoms. The maximum atomic E-state index is 12.1. The summed E-state index contributed by atoms with van der Waals surface area (Å²) in [6.07, 6.45) is 0. The lowest BCUT2D eigenvalue weighted by molar-refractivity contribution is -0.137. The largest absolute Gasteiger partial charge is 0.496 e. The van der Waals surface area contributed by atoms with Crippen LogP contribution in [0.25, 0.3) is 0 Å². The molecular weight excluding hydrogens is 260 g/mol. The summed E-state index contributed by atoms with van der Waals surface area (Å²) in [5, 5.41) is 11.5. The minimum atomic E-state index is -1.04. The maximum absolute atomic E-state index is 12.1. The Morgan fingerprint density at radius 2 is 2.05 bits per heavy atom. The monoisotopic (exact) mass is 280 g/mol. The van der Waals surface area contributed by atoms with E-state index in [9.17, 15) is 9.59 Å². The van der Waals surface area contributed by atoms with Crippen molar-refractivity contribution >= 4 is 17.7 Å². The number of hydrogen-bond acceptors (Lipinski definition) is 3. The van der Waals surface area contributed by atoms with Crippen molar-refractivity contribution in [3.05, 3.63) is 23.8 Å². The van der Waals surface area contributed by atoms with Gasteiger partial charge in [0.15, 0.2) is 0 Å². The van der Waals surface area contributed by atoms with Crippen LogP contribution in [0.2, 0.25) is 0 Å². The number of carbonyl (C=O) groups excluding carboxylic acids is 1. The SMILES string of the molecule is COc1ccc(NC(=O)N(CC(=O)O)C(C)C)cc1C. The first-order chi connectivity index (χ1) is 9.35. The summed E-state index contributed by atoms with van der Waals surface area (Å²) in [5.74, 6) is -0.311. The molecule has 2 amide bonds. The zero-order valence-corrected chi connectivity index (χ0v) is 12.1. The molecule has 6 nitrogen and oxygen atoms in total. The molecule has 0 saturated carbocycles. The molecule has 2 N–H and O–H groups in total. The molecule has 0 heterocycles. The smallest absolute Gasteiger partial charge is 0.323 e. The third-order valence-corrected chi connectivity index (χ3v) is 2.84. The van der Waals surface area contributed by atoms with Crippen LogP contribution in [0, 0.1) is 6.92 Å². The minimum Gasteiger partial charge on any atom is -0.496 e. The molecule has 0 unspecified atom stereocenters. The summed E-state index contributed by atoms with van der Waals surface area (Å²) >= 11 is 0. The Labute approximate surface area is 118 Å². The first-order valence-corrected chi connectivity index (χ1v) is 6.29. The van der Waals surface area contributed by atoms with Gasteiger partial charge in [-0.15, -0.1) is 0 Å². The maximum Gasteiger partial charge on any atom is 0.323 e. The van der Waals surface area contributed by atoms with E-state index in [4.69, 9.17) is 9.84 Å². The van der Waals surface area contributed by atoms with Crippen LogP contribution in [0.5, 0.6) is 5.75 Å². The van der Waals surface area contributed by atoms with Crippen molar-refractivity contribution in [2.75, 3.05) is 19.0 Å². The molecule has 0 spiro atoms. The van der Waals surface area contributed by atoms with Gasteiger partial charge in [0.25, 0.3) is 0 Å². The van der Waals surface area contributed by atoms with Crippen LogP contribution in [0.3, 0.4) is 0 Å². The third-order valence-electron chi connectivity index (χ3n) is 2.84. The summed E-state index contributed by atoms with van der Waals surface area (Å²) < 4.78 is 5.14. The predicted molar refractivity (Wildman–Crippen MR) is 76.2 cm³/mol. The number of methoxy groups -OCH3 is 1. The fraction of sp³-hybridized carbons (Fsp3) is 0.429. The van der Waals surface area contributed by atoms with Crippen molar-refractivity contribution < 1.29 is 19.4 Å². The number of carbonyl (C=O) groups is 2. The van der Waals surface area contributed by atoms with Crippen molar-refractivity contribution in [3.63, 3.8) is 0 Å². The standard InChI is InChI=1S/C14H20N2O4/c1-9(2)16(8-13(17)18)14(19)15-11-5-6-12(20-4)10(3)7-11/h5-7,9H,8H2,1-4H3,(H,15,19)(H,17,18). The second-order valence-electron chi connectivity index (χ2n) is 4.73. The molecule has 0 fully saturated rings. The average molecular weight is 280 g/mol. The molecule has 0 aromatic heterocycles. The number of aryl methyl sites for hydroxylation is 1. The van der Waals surface area contributed by atoms with Crippen LogP contribution < -0.4 is 10.1 Å². The van der Waals surface area contributed by atoms with Crippen molar-refractivity contribution in [2.45, 2.75) is 26.8 Å². The summed E-state index contributed by atoms with van der Waals surface area (Å²) in [6.45, 7) is 5.06. The van der Waals surface area contributed by atoms with Gasteiger partial charge in [-0.3, -0.25) is 4.79 Å². The van der Waals surface area contributed by atoms with Gasteiger partial charge in [-0.25, -0.2) is 4.79 Å². The Bertz CT molecular complexity index is 500. The molecule has 6 heteroatoms. The molecule has 0 saturated heterocycles. The number of ether oxygens (including phenoxy) is 1. The number of nitrogens with one attached hydrogen (secondary N) is 1. The van der Waals surface area contributed by atoms with Crippen LogP contribution >= 0.6 is 0 Å². The molecule has 1 rings (SSSR count). The summed E-state index contributed by atoms with van der Waals surface area (Å²) in [4.78, 5) is 24.1. The van der Waals surface area contributed by atoms with Crippen LogP contribution in [-0.2, 0) is 4.79 Å². The second-order valence-corrected chi connectivity index (χ2v) is 4.73. The van der Waals surface area contributed by atoms with Crippen LogP contribution in [0.4, 0.5) is 10.5 Å². The number of anilines is 1. The Hall–Kier alpha value is -2.24. The molecule has 110 valence electrons. The van der Waals surface area contributed by atoms with Crippen molar-refractivity contribution in [2.24, 2.45) is 0 Å². The molecule has 0 bridgehead atoms. The van der Waals surface area contributed by atoms with Gasteiger partial charge in [0.05, 0.1) is 7.11 Å². The van der Waals surface area contributed by atoms with E-state index in [1.165, 1.54) is 4.90 Å². The number of aliphatic carboxylic acids is 1. The zero-order chi connectivity index (χ0) is 15.3. The molecule has 0 aliphatic rings. The Kier molecular flexibility index (Phi) is 5.37. The van der Waals surface area contributed by atoms with Crippen LogP contribution in [0.15, 0.2) is 18.2 Å². The minimum absolute atomic E-state index is 0.203. The van der Waals surface area contributed by atoms with Gasteiger partial charge in [-0.2, -0.15) is 0 Å². The van der Waals surface area contributed by atoms with Crippen LogP contribution in [0.1, 0.15) is 19.4 Å². The number of carboxylic acids is 1. The zero-order valence-electron chi connectivity index (χ0n) is 12.1. The highest BCUT2D eigenvalue weighted by Crippen LogP contribution is 2.21. The molecular formula is C14H20N2O4. The summed E-state index contributed by atoms with van der Waals surface area (Å²) in [5.41, 5.74) is 1.49. The van der Waals surface area contributed by atoms with Gasteiger partial charge >= 0.3 is 12.0 Å². The second kappa shape index (κ2) is 6.79. The topological polar surface area (TPSA) is 78.9 Å². The van der Waals surface area contributed by atoms with Gasteiger partial charge in [0.1, 0.15) is 12.3 Å². The predicted octanol–water partition coefficient (Wildman–Crippen LogP) is 2.33. The highest BCUT2D eigenvalue weighted by atomic mass is 16.5. The van der Waals surface area contributed by atoms with E-state index in [2.05, 4.69) is 5.32 Å². The van der Waals surface area contributed by atoms with E-state index in [0.717, 1.165) is 11.3 Å². The molecule has 0 radical (unpaired) electrons. The van der Waals surface area contributed by atoms with Gasteiger partial charge in [-0.05, 0) is 44.5 Å². The van der Waals surface area contributed by atoms with E-state index in [1.54, 1.807) is 39.2 Å². The quantitative estimate of drug-likeness (QED) is 0.867. The summed E-state index contributed by atoms with van der Waals surface area (Å²) in [6, 6.07) is 4.60. The fourth-order valence-electron chi connectivity index (χ4n) is 1.79. The Morgan fingerprint density at radius 1 is 1.40 bits per heavy atom. The first-order valence-electron chi connectivity index (χ1n) is 6.29. The van der Waals surface area contributed by atoms with E-state index < -0.39 is 12.0 Å². The van der Waals surface area contributed by atoms with Gasteiger partial charge in [0.2, 0.25) is 0 Å². The van der Waals surface area contributed by atoms with E-state index in [-0.39, 0.29) is 12.6 Å². The van der Waals surface area contributed by atoms with Gasteiger partial charge in [-0.1, -0.05) is 0 Å². The fourth-order valence-corrected chi connectivity index (χ4v) is 1.79. The molecule has 1 aromatic carbocycles. The van der Waals surface area contributed by atoms with E-state index in [1.807, 2.05) is 6.92 Å². The molecule has 0 aliphatic heterocycles. The Morgan fingerprint density at radius 3 is 2.50 bits per heavy atom. The highest BCUT2D eigenvalue weighted by molar-refractivity contribution is 5.91. The van der Waals surface area contributed by atoms with Gasteiger partial charge < -0.3 is 20.1 Å². The van der Waals surface area contributed by atoms with Crippen molar-refractivity contribution in [1.82, 2.24) is 4.90 Å². The molecule has 0 atom stereocenters. The van der Waals surface area contributed by atoms with E-state index in [0.29, 0.717) is 5.69 Å². The van der Waals surface area contributed by atoms with Crippen molar-refractivity contribution in [1.29, 1.82) is 0 Å². The lowest BCUT2D eigenvalue weighted by Crippen LogP contribution is -2.43. The average Bonchev–Trinajstić information content (AvgIpc) is 2.35. The normalized spacial score (nSPS) is 10.2. The Balaban J connectivity index is 2.82. The third kappa shape index (κ3) is 4.15. The number of carboxylic acid groups (broad SMARTS) is 1. The number of benzene rings is 1. The highest BCUT2D eigenvalue weighted by Gasteiger charge is 2.19. The van der Waals surface area contributed by atoms with E-state index >= 15 is 0 Å². The number of rotatable bonds is 5. The first kappa shape index (κ1) is 15.8. The number of amides is 2. The molecule has 0 aliphatic carbocycles. The van der Waals surface area contributed by atoms with Crippen molar-refractivity contribution in [3.8, 4) is 5.75 Å². The van der Waals surface area contributed by atoms with Crippen LogP contribution in [-0.4, -0.2) is 41.7 Å². The number of urea groups is 1. The number of nitrogens with zero attached hydrogens (tertiary/aromatic N) is 1. The molecule has 1 aromatic rings. The lowest BCUT2D eigenvalue weighted by Gasteiger charge is -2.25. The summed E-state index contributed by atoms with van der Waals surface area (Å²) in [7, 11) is 1.58. The number of hydrogen-bond donors (Lipinski definition) is 2. The van der Waals surface area contributed by atoms with Gasteiger partial charge in [0, 0.05) is 11.7 Å². The lowest BCUT2D eigenvalue weighted by atomic mass is 10.2.